The van der Waals surface area contributed by atoms with Crippen LogP contribution in [0.2, 0.25) is 0 Å². The number of fused-ring (bicyclic) bond motifs is 2. The van der Waals surface area contributed by atoms with Gasteiger partial charge >= 0.3 is 0 Å². The standard InChI is InChI=1S/C32H36FN3O3/c1-3-37-29-15-20(16-30(38-4-2)32(29)21-5-8-23(33)9-6-21)19-36-14-13-25-22(7-11-27(25)36)17-31-35-26-18-24(34)10-12-28(26)39-31/h5-6,8-10,12,15-16,18,22,25,27H,3-4,7,11,13-14,17,19,34H2,1-2H3/t22?,25-,27+/m0/s1. The van der Waals surface area contributed by atoms with Crippen LogP contribution < -0.4 is 15.2 Å². The number of halogens is 1. The van der Waals surface area contributed by atoms with Crippen LogP contribution in [0.3, 0.4) is 0 Å². The lowest BCUT2D eigenvalue weighted by atomic mass is 9.90. The first kappa shape index (κ1) is 25.7. The Balaban J connectivity index is 1.20. The van der Waals surface area contributed by atoms with Crippen molar-refractivity contribution in [3.05, 3.63) is 71.9 Å². The third-order valence-electron chi connectivity index (χ3n) is 8.29. The molecule has 6 rings (SSSR count). The lowest BCUT2D eigenvalue weighted by Crippen LogP contribution is -2.30. The number of oxazole rings is 1. The highest BCUT2D eigenvalue weighted by Gasteiger charge is 2.43. The van der Waals surface area contributed by atoms with Gasteiger partial charge in [-0.15, -0.1) is 0 Å². The first-order valence-corrected chi connectivity index (χ1v) is 14.1. The fourth-order valence-corrected chi connectivity index (χ4v) is 6.65. The van der Waals surface area contributed by atoms with Crippen LogP contribution in [0.1, 0.15) is 44.6 Å². The number of hydrogen-bond donors (Lipinski definition) is 1. The van der Waals surface area contributed by atoms with Gasteiger partial charge in [0.1, 0.15) is 22.8 Å². The molecule has 0 bridgehead atoms. The number of hydrogen-bond acceptors (Lipinski definition) is 6. The van der Waals surface area contributed by atoms with Gasteiger partial charge in [0, 0.05) is 24.7 Å². The minimum atomic E-state index is -0.259. The van der Waals surface area contributed by atoms with Crippen LogP contribution in [-0.4, -0.2) is 35.7 Å². The zero-order valence-corrected chi connectivity index (χ0v) is 22.7. The van der Waals surface area contributed by atoms with E-state index in [4.69, 9.17) is 24.6 Å². The third-order valence-corrected chi connectivity index (χ3v) is 8.29. The fraction of sp³-hybridized carbons (Fsp3) is 0.406. The molecular weight excluding hydrogens is 493 g/mol. The van der Waals surface area contributed by atoms with Crippen LogP contribution in [0.5, 0.6) is 11.5 Å². The molecule has 1 unspecified atom stereocenters. The van der Waals surface area contributed by atoms with Gasteiger partial charge in [-0.2, -0.15) is 0 Å². The van der Waals surface area contributed by atoms with Crippen molar-refractivity contribution >= 4 is 16.8 Å². The van der Waals surface area contributed by atoms with Gasteiger partial charge in [-0.3, -0.25) is 4.90 Å². The van der Waals surface area contributed by atoms with E-state index in [0.717, 1.165) is 59.1 Å². The molecule has 0 amide bonds. The number of likely N-dealkylation sites (tertiary alicyclic amines) is 1. The molecule has 0 radical (unpaired) electrons. The normalized spacial score (nSPS) is 20.9. The maximum absolute atomic E-state index is 13.6. The number of aromatic nitrogens is 1. The Kier molecular flexibility index (Phi) is 7.17. The van der Waals surface area contributed by atoms with Crippen molar-refractivity contribution in [2.24, 2.45) is 11.8 Å². The molecule has 1 saturated carbocycles. The molecule has 6 nitrogen and oxygen atoms in total. The maximum atomic E-state index is 13.6. The summed E-state index contributed by atoms with van der Waals surface area (Å²) in [7, 11) is 0. The van der Waals surface area contributed by atoms with Crippen molar-refractivity contribution in [3.8, 4) is 22.6 Å². The first-order chi connectivity index (χ1) is 19.0. The second-order valence-electron chi connectivity index (χ2n) is 10.7. The predicted octanol–water partition coefficient (Wildman–Crippen LogP) is 6.86. The molecular formula is C32H36FN3O3. The molecule has 3 atom stereocenters. The van der Waals surface area contributed by atoms with Crippen LogP contribution >= 0.6 is 0 Å². The largest absolute Gasteiger partial charge is 0.493 e. The molecule has 39 heavy (non-hydrogen) atoms. The van der Waals surface area contributed by atoms with E-state index in [9.17, 15) is 4.39 Å². The number of ether oxygens (including phenoxy) is 2. The summed E-state index contributed by atoms with van der Waals surface area (Å²) >= 11 is 0. The third kappa shape index (κ3) is 5.20. The van der Waals surface area contributed by atoms with Crippen molar-refractivity contribution in [2.45, 2.75) is 52.1 Å². The van der Waals surface area contributed by atoms with Crippen molar-refractivity contribution < 1.29 is 18.3 Å². The molecule has 2 N–H and O–H groups in total. The van der Waals surface area contributed by atoms with E-state index in [1.165, 1.54) is 37.0 Å². The van der Waals surface area contributed by atoms with Gasteiger partial charge in [-0.05, 0) is 105 Å². The summed E-state index contributed by atoms with van der Waals surface area (Å²) in [6.45, 7) is 6.97. The maximum Gasteiger partial charge on any atom is 0.195 e. The van der Waals surface area contributed by atoms with Crippen molar-refractivity contribution in [1.82, 2.24) is 9.88 Å². The van der Waals surface area contributed by atoms with Gasteiger partial charge in [-0.25, -0.2) is 9.37 Å². The first-order valence-electron chi connectivity index (χ1n) is 14.1. The van der Waals surface area contributed by atoms with Gasteiger partial charge < -0.3 is 19.6 Å². The number of nitrogens with zero attached hydrogens (tertiary/aromatic N) is 2. The Labute approximate surface area is 228 Å². The van der Waals surface area contributed by atoms with E-state index >= 15 is 0 Å². The Hall–Kier alpha value is -3.58. The molecule has 1 saturated heterocycles. The van der Waals surface area contributed by atoms with Gasteiger partial charge in [0.05, 0.1) is 18.8 Å². The second kappa shape index (κ2) is 10.9. The molecule has 2 heterocycles. The Morgan fingerprint density at radius 1 is 0.974 bits per heavy atom. The van der Waals surface area contributed by atoms with E-state index in [1.54, 1.807) is 12.1 Å². The molecule has 4 aromatic rings. The number of anilines is 1. The molecule has 7 heteroatoms. The summed E-state index contributed by atoms with van der Waals surface area (Å²) < 4.78 is 31.9. The molecule has 2 aliphatic rings. The summed E-state index contributed by atoms with van der Waals surface area (Å²) in [5, 5.41) is 0. The average Bonchev–Trinajstić information content (AvgIpc) is 3.62. The smallest absolute Gasteiger partial charge is 0.195 e. The quantitative estimate of drug-likeness (QED) is 0.239. The SMILES string of the molecule is CCOc1cc(CN2CC[C@H]3C(Cc4nc5cc(N)ccc5o4)CC[C@H]32)cc(OCC)c1-c1ccc(F)cc1. The molecule has 2 fully saturated rings. The van der Waals surface area contributed by atoms with E-state index in [-0.39, 0.29) is 5.82 Å². The predicted molar refractivity (Wildman–Crippen MR) is 151 cm³/mol. The van der Waals surface area contributed by atoms with E-state index < -0.39 is 0 Å². The summed E-state index contributed by atoms with van der Waals surface area (Å²) in [4.78, 5) is 7.34. The summed E-state index contributed by atoms with van der Waals surface area (Å²) in [5.74, 6) is 3.33. The number of rotatable bonds is 9. The van der Waals surface area contributed by atoms with Crippen LogP contribution in [-0.2, 0) is 13.0 Å². The molecule has 3 aromatic carbocycles. The minimum absolute atomic E-state index is 0.259. The van der Waals surface area contributed by atoms with E-state index in [1.807, 2.05) is 32.0 Å². The second-order valence-corrected chi connectivity index (χ2v) is 10.7. The molecule has 1 aliphatic carbocycles. The van der Waals surface area contributed by atoms with Crippen molar-refractivity contribution in [3.63, 3.8) is 0 Å². The van der Waals surface area contributed by atoms with Crippen molar-refractivity contribution in [1.29, 1.82) is 0 Å². The minimum Gasteiger partial charge on any atom is -0.493 e. The van der Waals surface area contributed by atoms with Gasteiger partial charge in [0.25, 0.3) is 0 Å². The zero-order chi connectivity index (χ0) is 26.9. The molecule has 1 aliphatic heterocycles. The Bertz CT molecular complexity index is 1420. The Morgan fingerprint density at radius 3 is 2.44 bits per heavy atom. The number of nitrogen functional groups attached to an aromatic ring is 1. The molecule has 0 spiro atoms. The monoisotopic (exact) mass is 529 g/mol. The molecule has 1 aromatic heterocycles. The van der Waals surface area contributed by atoms with Crippen molar-refractivity contribution in [2.75, 3.05) is 25.5 Å². The molecule has 204 valence electrons. The highest BCUT2D eigenvalue weighted by atomic mass is 19.1. The Morgan fingerprint density at radius 2 is 1.72 bits per heavy atom. The van der Waals surface area contributed by atoms with Gasteiger partial charge in [-0.1, -0.05) is 12.1 Å². The summed E-state index contributed by atoms with van der Waals surface area (Å²) in [6.07, 6.45) is 4.43. The number of nitrogens with two attached hydrogens (primary N) is 1. The van der Waals surface area contributed by atoms with Crippen LogP contribution in [0, 0.1) is 17.7 Å². The van der Waals surface area contributed by atoms with Crippen LogP contribution in [0.15, 0.2) is 59.0 Å². The lowest BCUT2D eigenvalue weighted by molar-refractivity contribution is 0.224. The number of benzene rings is 3. The highest BCUT2D eigenvalue weighted by Crippen LogP contribution is 2.45. The van der Waals surface area contributed by atoms with Gasteiger partial charge in [0.2, 0.25) is 0 Å². The van der Waals surface area contributed by atoms with E-state index in [0.29, 0.717) is 36.8 Å². The highest BCUT2D eigenvalue weighted by molar-refractivity contribution is 5.78. The van der Waals surface area contributed by atoms with Gasteiger partial charge in [0.15, 0.2) is 11.5 Å². The average molecular weight is 530 g/mol. The zero-order valence-electron chi connectivity index (χ0n) is 22.7. The summed E-state index contributed by atoms with van der Waals surface area (Å²) in [6, 6.07) is 17.0. The fourth-order valence-electron chi connectivity index (χ4n) is 6.65. The topological polar surface area (TPSA) is 73.8 Å². The van der Waals surface area contributed by atoms with Crippen LogP contribution in [0.4, 0.5) is 10.1 Å². The summed E-state index contributed by atoms with van der Waals surface area (Å²) in [5.41, 5.74) is 11.2. The lowest BCUT2D eigenvalue weighted by Gasteiger charge is -2.25. The van der Waals surface area contributed by atoms with Crippen LogP contribution in [0.25, 0.3) is 22.2 Å². The van der Waals surface area contributed by atoms with E-state index in [2.05, 4.69) is 17.0 Å².